The molecule has 0 aromatic heterocycles. The standard InChI is InChI=1S/C18H22O5/c1-5-16(20)22-14-8-10(2)6-7-13(19)11(3)9-15-17(14)12(4)18(21)23-15/h5-6,9,13-15,17,19H,1,4,7-8H2,2-3H3/b10-6+,11-9-/t13-,14-,15-,17+/m0/s1. The van der Waals surface area contributed by atoms with E-state index in [1.54, 1.807) is 13.0 Å². The minimum atomic E-state index is -0.634. The van der Waals surface area contributed by atoms with Gasteiger partial charge in [0.2, 0.25) is 0 Å². The number of hydrogen-bond acceptors (Lipinski definition) is 5. The molecule has 0 radical (unpaired) electrons. The van der Waals surface area contributed by atoms with Crippen LogP contribution in [0.1, 0.15) is 26.7 Å². The number of carbonyl (C=O) groups excluding carboxylic acids is 2. The quantitative estimate of drug-likeness (QED) is 0.480. The van der Waals surface area contributed by atoms with Crippen molar-refractivity contribution in [1.82, 2.24) is 0 Å². The lowest BCUT2D eigenvalue weighted by atomic mass is 9.85. The number of carbonyl (C=O) groups is 2. The summed E-state index contributed by atoms with van der Waals surface area (Å²) in [6.45, 7) is 10.9. The Morgan fingerprint density at radius 2 is 2.17 bits per heavy atom. The molecule has 23 heavy (non-hydrogen) atoms. The van der Waals surface area contributed by atoms with E-state index in [1.165, 1.54) is 0 Å². The molecule has 1 aliphatic heterocycles. The molecule has 2 aliphatic rings. The van der Waals surface area contributed by atoms with E-state index in [9.17, 15) is 14.7 Å². The Balaban J connectivity index is 2.43. The predicted octanol–water partition coefficient (Wildman–Crippen LogP) is 2.23. The summed E-state index contributed by atoms with van der Waals surface area (Å²) in [6.07, 6.45) is 3.83. The maximum atomic E-state index is 11.9. The molecule has 1 heterocycles. The van der Waals surface area contributed by atoms with Gasteiger partial charge in [0.25, 0.3) is 0 Å². The fourth-order valence-electron chi connectivity index (χ4n) is 2.89. The predicted molar refractivity (Wildman–Crippen MR) is 85.3 cm³/mol. The molecule has 5 nitrogen and oxygen atoms in total. The summed E-state index contributed by atoms with van der Waals surface area (Å²) >= 11 is 0. The van der Waals surface area contributed by atoms with Crippen LogP contribution in [-0.2, 0) is 19.1 Å². The Morgan fingerprint density at radius 3 is 2.83 bits per heavy atom. The number of rotatable bonds is 2. The van der Waals surface area contributed by atoms with Gasteiger partial charge in [0.15, 0.2) is 0 Å². The van der Waals surface area contributed by atoms with Gasteiger partial charge < -0.3 is 14.6 Å². The maximum absolute atomic E-state index is 11.9. The second kappa shape index (κ2) is 6.96. The lowest BCUT2D eigenvalue weighted by molar-refractivity contribution is -0.145. The third-order valence-corrected chi connectivity index (χ3v) is 4.26. The van der Waals surface area contributed by atoms with Crippen molar-refractivity contribution in [2.24, 2.45) is 5.92 Å². The molecule has 1 aliphatic carbocycles. The van der Waals surface area contributed by atoms with Crippen molar-refractivity contribution in [3.63, 3.8) is 0 Å². The van der Waals surface area contributed by atoms with Crippen molar-refractivity contribution in [3.8, 4) is 0 Å². The van der Waals surface area contributed by atoms with Gasteiger partial charge in [0, 0.05) is 18.1 Å². The number of aliphatic hydroxyl groups excluding tert-OH is 1. The number of hydrogen-bond donors (Lipinski definition) is 1. The minimum absolute atomic E-state index is 0.281. The van der Waals surface area contributed by atoms with Crippen LogP contribution in [-0.4, -0.2) is 35.4 Å². The average Bonchev–Trinajstić information content (AvgIpc) is 2.77. The third kappa shape index (κ3) is 3.79. The molecule has 1 N–H and O–H groups in total. The van der Waals surface area contributed by atoms with Gasteiger partial charge in [-0.2, -0.15) is 0 Å². The van der Waals surface area contributed by atoms with E-state index in [4.69, 9.17) is 9.47 Å². The first-order valence-corrected chi connectivity index (χ1v) is 7.58. The van der Waals surface area contributed by atoms with Crippen LogP contribution >= 0.6 is 0 Å². The third-order valence-electron chi connectivity index (χ3n) is 4.26. The SMILES string of the molecule is C=CC(=O)O[C@H]1C/C(C)=C/C[C@H](O)/C(C)=C\[C@@H]2OC(=O)C(=C)[C@@H]21. The second-order valence-electron chi connectivity index (χ2n) is 6.02. The van der Waals surface area contributed by atoms with Crippen LogP contribution in [0.4, 0.5) is 0 Å². The van der Waals surface area contributed by atoms with Gasteiger partial charge in [-0.15, -0.1) is 0 Å². The Bertz CT molecular complexity index is 599. The van der Waals surface area contributed by atoms with Crippen LogP contribution in [0.5, 0.6) is 0 Å². The van der Waals surface area contributed by atoms with E-state index < -0.39 is 36.2 Å². The molecule has 2 rings (SSSR count). The monoisotopic (exact) mass is 318 g/mol. The Kier molecular flexibility index (Phi) is 5.21. The molecule has 4 atom stereocenters. The van der Waals surface area contributed by atoms with Gasteiger partial charge in [-0.25, -0.2) is 9.59 Å². The van der Waals surface area contributed by atoms with Gasteiger partial charge >= 0.3 is 11.9 Å². The van der Waals surface area contributed by atoms with Crippen molar-refractivity contribution < 1.29 is 24.2 Å². The van der Waals surface area contributed by atoms with Gasteiger partial charge in [-0.3, -0.25) is 0 Å². The van der Waals surface area contributed by atoms with E-state index in [0.717, 1.165) is 11.6 Å². The molecular weight excluding hydrogens is 296 g/mol. The molecular formula is C18H22O5. The summed E-state index contributed by atoms with van der Waals surface area (Å²) in [5, 5.41) is 10.1. The van der Waals surface area contributed by atoms with Crippen LogP contribution < -0.4 is 0 Å². The highest BCUT2D eigenvalue weighted by Gasteiger charge is 2.44. The molecule has 0 spiro atoms. The van der Waals surface area contributed by atoms with E-state index in [2.05, 4.69) is 13.2 Å². The van der Waals surface area contributed by atoms with Gasteiger partial charge in [-0.1, -0.05) is 24.8 Å². The molecule has 1 fully saturated rings. The Labute approximate surface area is 136 Å². The average molecular weight is 318 g/mol. The lowest BCUT2D eigenvalue weighted by Crippen LogP contribution is -2.33. The number of esters is 2. The Morgan fingerprint density at radius 1 is 1.48 bits per heavy atom. The maximum Gasteiger partial charge on any atom is 0.334 e. The molecule has 124 valence electrons. The van der Waals surface area contributed by atoms with Gasteiger partial charge in [0.05, 0.1) is 12.0 Å². The molecule has 0 saturated carbocycles. The van der Waals surface area contributed by atoms with Crippen molar-refractivity contribution in [2.45, 2.75) is 45.0 Å². The summed E-state index contributed by atoms with van der Waals surface area (Å²) < 4.78 is 10.8. The molecule has 0 amide bonds. The smallest absolute Gasteiger partial charge is 0.334 e. The van der Waals surface area contributed by atoms with Crippen LogP contribution in [0.25, 0.3) is 0 Å². The molecule has 0 aromatic carbocycles. The van der Waals surface area contributed by atoms with Crippen LogP contribution in [0, 0.1) is 5.92 Å². The van der Waals surface area contributed by atoms with Crippen LogP contribution in [0.15, 0.2) is 48.1 Å². The fourth-order valence-corrected chi connectivity index (χ4v) is 2.89. The normalized spacial score (nSPS) is 36.0. The second-order valence-corrected chi connectivity index (χ2v) is 6.02. The molecule has 5 heteroatoms. The highest BCUT2D eigenvalue weighted by Crippen LogP contribution is 2.36. The molecule has 1 saturated heterocycles. The number of aliphatic hydroxyl groups is 1. The highest BCUT2D eigenvalue weighted by atomic mass is 16.6. The van der Waals surface area contributed by atoms with Crippen LogP contribution in [0.2, 0.25) is 0 Å². The van der Waals surface area contributed by atoms with Crippen molar-refractivity contribution in [2.75, 3.05) is 0 Å². The van der Waals surface area contributed by atoms with Gasteiger partial charge in [-0.05, 0) is 31.9 Å². The van der Waals surface area contributed by atoms with E-state index in [1.807, 2.05) is 13.0 Å². The summed E-state index contributed by atoms with van der Waals surface area (Å²) in [6, 6.07) is 0. The molecule has 0 aromatic rings. The first-order valence-electron chi connectivity index (χ1n) is 7.58. The van der Waals surface area contributed by atoms with Crippen molar-refractivity contribution >= 4 is 11.9 Å². The highest BCUT2D eigenvalue weighted by molar-refractivity contribution is 5.91. The zero-order valence-electron chi connectivity index (χ0n) is 13.5. The fraction of sp³-hybridized carbons (Fsp3) is 0.444. The van der Waals surface area contributed by atoms with Crippen molar-refractivity contribution in [1.29, 1.82) is 0 Å². The number of ether oxygens (including phenoxy) is 2. The van der Waals surface area contributed by atoms with E-state index in [0.29, 0.717) is 18.4 Å². The minimum Gasteiger partial charge on any atom is -0.458 e. The number of fused-ring (bicyclic) bond motifs is 1. The van der Waals surface area contributed by atoms with Gasteiger partial charge in [0.1, 0.15) is 12.2 Å². The first kappa shape index (κ1) is 17.2. The summed E-state index contributed by atoms with van der Waals surface area (Å²) in [5.74, 6) is -1.53. The largest absolute Gasteiger partial charge is 0.458 e. The summed E-state index contributed by atoms with van der Waals surface area (Å²) in [4.78, 5) is 23.6. The zero-order valence-corrected chi connectivity index (χ0v) is 13.5. The zero-order chi connectivity index (χ0) is 17.1. The topological polar surface area (TPSA) is 72.8 Å². The van der Waals surface area contributed by atoms with Crippen LogP contribution in [0.3, 0.4) is 0 Å². The molecule has 0 unspecified atom stereocenters. The summed E-state index contributed by atoms with van der Waals surface area (Å²) in [7, 11) is 0. The lowest BCUT2D eigenvalue weighted by Gasteiger charge is -2.27. The Hall–Kier alpha value is -2.14. The summed E-state index contributed by atoms with van der Waals surface area (Å²) in [5.41, 5.74) is 1.96. The van der Waals surface area contributed by atoms with Crippen molar-refractivity contribution in [3.05, 3.63) is 48.1 Å². The molecule has 0 bridgehead atoms. The van der Waals surface area contributed by atoms with E-state index >= 15 is 0 Å². The van der Waals surface area contributed by atoms with E-state index in [-0.39, 0.29) is 5.57 Å². The first-order chi connectivity index (χ1) is 10.8.